The van der Waals surface area contributed by atoms with Crippen LogP contribution < -0.4 is 0 Å². The molecular weight excluding hydrogens is 544 g/mol. The van der Waals surface area contributed by atoms with Crippen molar-refractivity contribution in [2.45, 2.75) is 44.4 Å². The first-order chi connectivity index (χ1) is 22.1. The summed E-state index contributed by atoms with van der Waals surface area (Å²) in [6, 6.07) is 41.2. The van der Waals surface area contributed by atoms with Gasteiger partial charge in [0.05, 0.1) is 11.4 Å². The molecular formula is C43H36N2. The van der Waals surface area contributed by atoms with Crippen LogP contribution in [-0.4, -0.2) is 9.97 Å². The number of benzene rings is 4. The van der Waals surface area contributed by atoms with E-state index < -0.39 is 0 Å². The van der Waals surface area contributed by atoms with Crippen LogP contribution in [0, 0.1) is 0 Å². The second-order valence-corrected chi connectivity index (χ2v) is 12.9. The fraction of sp³-hybridized carbons (Fsp3) is 0.163. The predicted octanol–water partition coefficient (Wildman–Crippen LogP) is 10.9. The van der Waals surface area contributed by atoms with Gasteiger partial charge in [-0.05, 0) is 64.3 Å². The highest BCUT2D eigenvalue weighted by atomic mass is 14.9. The van der Waals surface area contributed by atoms with Crippen molar-refractivity contribution in [3.05, 3.63) is 173 Å². The van der Waals surface area contributed by atoms with Crippen LogP contribution in [0.5, 0.6) is 0 Å². The van der Waals surface area contributed by atoms with Crippen molar-refractivity contribution in [2.24, 2.45) is 0 Å². The van der Waals surface area contributed by atoms with E-state index in [0.29, 0.717) is 0 Å². The average Bonchev–Trinajstić information content (AvgIpc) is 3.35. The van der Waals surface area contributed by atoms with Crippen LogP contribution in [0.25, 0.3) is 39.2 Å². The van der Waals surface area contributed by atoms with Crippen LogP contribution in [0.3, 0.4) is 0 Å². The lowest BCUT2D eigenvalue weighted by Gasteiger charge is -2.27. The first-order valence-electron chi connectivity index (χ1n) is 16.1. The van der Waals surface area contributed by atoms with E-state index in [1.54, 1.807) is 5.57 Å². The third-order valence-electron chi connectivity index (χ3n) is 9.82. The van der Waals surface area contributed by atoms with Crippen LogP contribution in [0.1, 0.15) is 67.1 Å². The number of allylic oxidation sites excluding steroid dienone is 8. The molecule has 5 aromatic rings. The maximum absolute atomic E-state index is 5.09. The first-order valence-corrected chi connectivity index (χ1v) is 16.1. The van der Waals surface area contributed by atoms with Gasteiger partial charge in [0.2, 0.25) is 0 Å². The Labute approximate surface area is 266 Å². The van der Waals surface area contributed by atoms with Crippen LogP contribution in [-0.2, 0) is 5.41 Å². The third-order valence-corrected chi connectivity index (χ3v) is 9.82. The Morgan fingerprint density at radius 2 is 1.33 bits per heavy atom. The minimum absolute atomic E-state index is 0.0846. The largest absolute Gasteiger partial charge is 0.228 e. The van der Waals surface area contributed by atoms with E-state index >= 15 is 0 Å². The topological polar surface area (TPSA) is 25.8 Å². The normalized spacial score (nSPS) is 18.2. The summed E-state index contributed by atoms with van der Waals surface area (Å²) in [5.74, 6) is 1.07. The molecule has 2 nitrogen and oxygen atoms in total. The molecule has 1 heterocycles. The van der Waals surface area contributed by atoms with Gasteiger partial charge < -0.3 is 0 Å². The molecule has 2 heteroatoms. The summed E-state index contributed by atoms with van der Waals surface area (Å²) < 4.78 is 0. The number of aromatic nitrogens is 2. The van der Waals surface area contributed by atoms with Gasteiger partial charge in [-0.15, -0.1) is 0 Å². The van der Waals surface area contributed by atoms with Crippen LogP contribution in [0.2, 0.25) is 0 Å². The number of fused-ring (bicyclic) bond motifs is 2. The molecule has 1 atom stereocenters. The molecule has 0 radical (unpaired) electrons. The molecule has 4 aromatic carbocycles. The molecule has 3 aliphatic carbocycles. The maximum atomic E-state index is 5.09. The molecule has 0 saturated heterocycles. The van der Waals surface area contributed by atoms with E-state index in [0.717, 1.165) is 53.2 Å². The number of nitrogens with zero attached hydrogens (tertiary/aromatic N) is 2. The van der Waals surface area contributed by atoms with Crippen molar-refractivity contribution in [2.75, 3.05) is 0 Å². The molecule has 0 fully saturated rings. The molecule has 218 valence electrons. The van der Waals surface area contributed by atoms with E-state index in [4.69, 9.17) is 9.97 Å². The van der Waals surface area contributed by atoms with Crippen LogP contribution in [0.4, 0.5) is 0 Å². The average molecular weight is 581 g/mol. The van der Waals surface area contributed by atoms with Crippen molar-refractivity contribution in [3.8, 4) is 22.5 Å². The van der Waals surface area contributed by atoms with Crippen molar-refractivity contribution in [1.29, 1.82) is 0 Å². The fourth-order valence-corrected chi connectivity index (χ4v) is 7.44. The van der Waals surface area contributed by atoms with Gasteiger partial charge >= 0.3 is 0 Å². The zero-order chi connectivity index (χ0) is 30.4. The Morgan fingerprint density at radius 3 is 2.02 bits per heavy atom. The Hall–Kier alpha value is -5.08. The van der Waals surface area contributed by atoms with Crippen LogP contribution >= 0.6 is 0 Å². The van der Waals surface area contributed by atoms with Crippen molar-refractivity contribution >= 4 is 16.7 Å². The Balaban J connectivity index is 1.09. The summed E-state index contributed by atoms with van der Waals surface area (Å²) in [4.78, 5) is 10.2. The Morgan fingerprint density at radius 1 is 0.689 bits per heavy atom. The Bertz CT molecular complexity index is 1970. The molecule has 1 aromatic heterocycles. The molecule has 45 heavy (non-hydrogen) atoms. The van der Waals surface area contributed by atoms with Crippen molar-refractivity contribution in [1.82, 2.24) is 9.97 Å². The molecule has 0 aliphatic heterocycles. The highest BCUT2D eigenvalue weighted by Crippen LogP contribution is 2.54. The number of rotatable bonds is 5. The summed E-state index contributed by atoms with van der Waals surface area (Å²) in [5, 5.41) is 0. The van der Waals surface area contributed by atoms with Crippen molar-refractivity contribution < 1.29 is 0 Å². The maximum Gasteiger partial charge on any atom is 0.156 e. The molecule has 1 unspecified atom stereocenters. The second kappa shape index (κ2) is 11.1. The van der Waals surface area contributed by atoms with Gasteiger partial charge in [0.1, 0.15) is 0 Å². The van der Waals surface area contributed by atoms with Gasteiger partial charge in [-0.2, -0.15) is 0 Å². The standard InChI is InChI=1S/C43H36N2/c1-43(2)37-21-10-9-19-36(37)41-35(20-12-22-38(41)43)30-25-23-29(24-26-30)33-17-11-18-34(27-33)42-44-39(31-13-5-3-6-14-31)28-40(45-42)32-15-7-4-8-16-32/h3-11,13-21,23-26,28,33H,12,22,27H2,1-2H3. The highest BCUT2D eigenvalue weighted by molar-refractivity contribution is 6.10. The van der Waals surface area contributed by atoms with E-state index in [-0.39, 0.29) is 11.3 Å². The molecule has 0 bridgehead atoms. The second-order valence-electron chi connectivity index (χ2n) is 12.9. The van der Waals surface area contributed by atoms with Gasteiger partial charge in [0.15, 0.2) is 5.82 Å². The van der Waals surface area contributed by atoms with E-state index in [2.05, 4.69) is 141 Å². The van der Waals surface area contributed by atoms with Crippen molar-refractivity contribution in [3.63, 3.8) is 0 Å². The number of hydrogen-bond donors (Lipinski definition) is 0. The molecule has 0 saturated carbocycles. The quantitative estimate of drug-likeness (QED) is 0.207. The van der Waals surface area contributed by atoms with E-state index in [1.165, 1.54) is 33.4 Å². The van der Waals surface area contributed by atoms with Gasteiger partial charge in [-0.1, -0.05) is 153 Å². The molecule has 0 amide bonds. The molecule has 3 aliphatic rings. The van der Waals surface area contributed by atoms with Gasteiger partial charge in [-0.25, -0.2) is 9.97 Å². The van der Waals surface area contributed by atoms with Gasteiger partial charge in [0.25, 0.3) is 0 Å². The molecule has 0 N–H and O–H groups in total. The molecule has 8 rings (SSSR count). The SMILES string of the molecule is CC1(C)C2=C(C(c3ccc(C4C=CC=C(c5nc(-c6ccccc6)cc(-c6ccccc6)n5)C4)cc3)=CCC2)c2ccccc21. The lowest BCUT2D eigenvalue weighted by atomic mass is 9.77. The van der Waals surface area contributed by atoms with E-state index in [9.17, 15) is 0 Å². The number of hydrogen-bond acceptors (Lipinski definition) is 2. The molecule has 0 spiro atoms. The Kier molecular flexibility index (Phi) is 6.79. The fourth-order valence-electron chi connectivity index (χ4n) is 7.44. The third kappa shape index (κ3) is 4.91. The predicted molar refractivity (Wildman–Crippen MR) is 187 cm³/mol. The minimum Gasteiger partial charge on any atom is -0.228 e. The summed E-state index contributed by atoms with van der Waals surface area (Å²) in [7, 11) is 0. The lowest BCUT2D eigenvalue weighted by molar-refractivity contribution is 0.608. The van der Waals surface area contributed by atoms with Gasteiger partial charge in [0, 0.05) is 22.5 Å². The smallest absolute Gasteiger partial charge is 0.156 e. The van der Waals surface area contributed by atoms with Gasteiger partial charge in [-0.3, -0.25) is 0 Å². The summed E-state index contributed by atoms with van der Waals surface area (Å²) in [5.41, 5.74) is 15.3. The van der Waals surface area contributed by atoms with Crippen LogP contribution in [0.15, 0.2) is 145 Å². The zero-order valence-corrected chi connectivity index (χ0v) is 25.9. The zero-order valence-electron chi connectivity index (χ0n) is 25.9. The summed E-state index contributed by atoms with van der Waals surface area (Å²) in [6.45, 7) is 4.78. The van der Waals surface area contributed by atoms with E-state index in [1.807, 2.05) is 12.1 Å². The lowest BCUT2D eigenvalue weighted by Crippen LogP contribution is -2.17. The highest BCUT2D eigenvalue weighted by Gasteiger charge is 2.39. The monoisotopic (exact) mass is 580 g/mol. The minimum atomic E-state index is 0.0846. The summed E-state index contributed by atoms with van der Waals surface area (Å²) >= 11 is 0. The summed E-state index contributed by atoms with van der Waals surface area (Å²) in [6.07, 6.45) is 12.2. The first kappa shape index (κ1) is 27.5.